The molecule has 0 N–H and O–H groups in total. The molecule has 2 heterocycles. The molecule has 0 aromatic carbocycles. The van der Waals surface area contributed by atoms with E-state index in [1.807, 2.05) is 0 Å². The van der Waals surface area contributed by atoms with Crippen molar-refractivity contribution in [3.05, 3.63) is 5.82 Å². The highest BCUT2D eigenvalue weighted by Gasteiger charge is 2.15. The van der Waals surface area contributed by atoms with E-state index in [0.29, 0.717) is 6.61 Å². The van der Waals surface area contributed by atoms with Gasteiger partial charge in [0, 0.05) is 38.2 Å². The third-order valence-electron chi connectivity index (χ3n) is 2.27. The summed E-state index contributed by atoms with van der Waals surface area (Å²) in [5, 5.41) is 1.00. The Labute approximate surface area is 93.2 Å². The van der Waals surface area contributed by atoms with E-state index in [4.69, 9.17) is 9.47 Å². The van der Waals surface area contributed by atoms with Crippen LogP contribution in [0.2, 0.25) is 0 Å². The molecule has 0 radical (unpaired) electrons. The van der Waals surface area contributed by atoms with Gasteiger partial charge in [0.15, 0.2) is 0 Å². The SMILES string of the molecule is COCCc1nsc(N2CCOCC2)n1. The molecule has 0 amide bonds. The first-order valence-electron chi connectivity index (χ1n) is 5.04. The predicted octanol–water partition coefficient (Wildman–Crippen LogP) is 0.564. The number of morpholine rings is 1. The number of ether oxygens (including phenoxy) is 2. The average Bonchev–Trinajstić information content (AvgIpc) is 2.76. The lowest BCUT2D eigenvalue weighted by Gasteiger charge is -2.25. The van der Waals surface area contributed by atoms with E-state index >= 15 is 0 Å². The van der Waals surface area contributed by atoms with Crippen LogP contribution in [0.5, 0.6) is 0 Å². The summed E-state index contributed by atoms with van der Waals surface area (Å²) in [5.74, 6) is 0.878. The van der Waals surface area contributed by atoms with Gasteiger partial charge in [-0.1, -0.05) is 0 Å². The van der Waals surface area contributed by atoms with Crippen molar-refractivity contribution in [2.75, 3.05) is 44.9 Å². The van der Waals surface area contributed by atoms with Gasteiger partial charge < -0.3 is 14.4 Å². The molecule has 1 aromatic rings. The fourth-order valence-corrected chi connectivity index (χ4v) is 2.19. The number of hydrogen-bond donors (Lipinski definition) is 0. The zero-order valence-electron chi connectivity index (χ0n) is 8.81. The lowest BCUT2D eigenvalue weighted by Crippen LogP contribution is -2.36. The van der Waals surface area contributed by atoms with Crippen LogP contribution in [0.3, 0.4) is 0 Å². The second-order valence-corrected chi connectivity index (χ2v) is 4.07. The number of aromatic nitrogens is 2. The van der Waals surface area contributed by atoms with Crippen LogP contribution in [0.1, 0.15) is 5.82 Å². The van der Waals surface area contributed by atoms with Crippen molar-refractivity contribution in [1.82, 2.24) is 9.36 Å². The summed E-state index contributed by atoms with van der Waals surface area (Å²) in [5.41, 5.74) is 0. The fraction of sp³-hybridized carbons (Fsp3) is 0.778. The van der Waals surface area contributed by atoms with Crippen LogP contribution in [0, 0.1) is 0 Å². The zero-order valence-corrected chi connectivity index (χ0v) is 9.63. The standard InChI is InChI=1S/C9H15N3O2S/c1-13-5-2-8-10-9(15-11-8)12-3-6-14-7-4-12/h2-7H2,1H3. The number of anilines is 1. The Kier molecular flexibility index (Phi) is 3.87. The molecule has 0 bridgehead atoms. The number of hydrogen-bond acceptors (Lipinski definition) is 6. The minimum absolute atomic E-state index is 0.680. The first-order valence-corrected chi connectivity index (χ1v) is 5.81. The smallest absolute Gasteiger partial charge is 0.205 e. The molecule has 0 aliphatic carbocycles. The summed E-state index contributed by atoms with van der Waals surface area (Å²) >= 11 is 1.46. The van der Waals surface area contributed by atoms with Crippen molar-refractivity contribution < 1.29 is 9.47 Å². The third-order valence-corrected chi connectivity index (χ3v) is 3.08. The maximum atomic E-state index is 5.29. The quantitative estimate of drug-likeness (QED) is 0.755. The lowest BCUT2D eigenvalue weighted by molar-refractivity contribution is 0.122. The van der Waals surface area contributed by atoms with Gasteiger partial charge in [-0.3, -0.25) is 0 Å². The Hall–Kier alpha value is -0.720. The zero-order chi connectivity index (χ0) is 10.5. The summed E-state index contributed by atoms with van der Waals surface area (Å²) in [4.78, 5) is 6.69. The maximum Gasteiger partial charge on any atom is 0.205 e. The van der Waals surface area contributed by atoms with Gasteiger partial charge >= 0.3 is 0 Å². The van der Waals surface area contributed by atoms with Crippen molar-refractivity contribution in [2.45, 2.75) is 6.42 Å². The molecule has 0 unspecified atom stereocenters. The Bertz CT molecular complexity index is 299. The fourth-order valence-electron chi connectivity index (χ4n) is 1.42. The highest BCUT2D eigenvalue weighted by atomic mass is 32.1. The molecule has 1 aliphatic heterocycles. The number of rotatable bonds is 4. The number of nitrogens with zero attached hydrogens (tertiary/aromatic N) is 3. The Morgan fingerprint density at radius 3 is 3.00 bits per heavy atom. The van der Waals surface area contributed by atoms with Gasteiger partial charge in [0.25, 0.3) is 0 Å². The summed E-state index contributed by atoms with van der Waals surface area (Å²) in [6.07, 6.45) is 0.789. The average molecular weight is 229 g/mol. The highest BCUT2D eigenvalue weighted by molar-refractivity contribution is 7.09. The van der Waals surface area contributed by atoms with E-state index in [1.165, 1.54) is 11.5 Å². The van der Waals surface area contributed by atoms with E-state index in [2.05, 4.69) is 14.3 Å². The largest absolute Gasteiger partial charge is 0.384 e. The summed E-state index contributed by atoms with van der Waals surface area (Å²) in [6, 6.07) is 0. The Morgan fingerprint density at radius 1 is 1.47 bits per heavy atom. The molecule has 1 fully saturated rings. The molecule has 6 heteroatoms. The van der Waals surface area contributed by atoms with Crippen molar-refractivity contribution >= 4 is 16.7 Å². The molecule has 84 valence electrons. The van der Waals surface area contributed by atoms with Crippen LogP contribution in [0.15, 0.2) is 0 Å². The van der Waals surface area contributed by atoms with E-state index < -0.39 is 0 Å². The van der Waals surface area contributed by atoms with Gasteiger partial charge in [-0.25, -0.2) is 4.98 Å². The topological polar surface area (TPSA) is 47.5 Å². The molecular weight excluding hydrogens is 214 g/mol. The molecule has 1 aromatic heterocycles. The Morgan fingerprint density at radius 2 is 2.27 bits per heavy atom. The summed E-state index contributed by atoms with van der Waals surface area (Å²) in [7, 11) is 1.69. The van der Waals surface area contributed by atoms with Crippen molar-refractivity contribution in [3.8, 4) is 0 Å². The lowest BCUT2D eigenvalue weighted by atomic mass is 10.4. The van der Waals surface area contributed by atoms with Gasteiger partial charge in [0.2, 0.25) is 5.13 Å². The molecule has 0 atom stereocenters. The predicted molar refractivity (Wildman–Crippen MR) is 58.5 cm³/mol. The van der Waals surface area contributed by atoms with E-state index in [9.17, 15) is 0 Å². The molecule has 1 aliphatic rings. The highest BCUT2D eigenvalue weighted by Crippen LogP contribution is 2.18. The molecular formula is C9H15N3O2S. The van der Waals surface area contributed by atoms with Crippen LogP contribution < -0.4 is 4.90 Å². The first-order chi connectivity index (χ1) is 7.40. The molecule has 0 spiro atoms. The second kappa shape index (κ2) is 5.39. The van der Waals surface area contributed by atoms with Crippen LogP contribution in [0.4, 0.5) is 5.13 Å². The van der Waals surface area contributed by atoms with Crippen molar-refractivity contribution in [3.63, 3.8) is 0 Å². The van der Waals surface area contributed by atoms with Gasteiger partial charge in [-0.05, 0) is 0 Å². The Balaban J connectivity index is 1.93. The van der Waals surface area contributed by atoms with Gasteiger partial charge in [0.05, 0.1) is 19.8 Å². The van der Waals surface area contributed by atoms with Gasteiger partial charge in [-0.2, -0.15) is 4.37 Å². The van der Waals surface area contributed by atoms with Crippen molar-refractivity contribution in [2.24, 2.45) is 0 Å². The normalized spacial score (nSPS) is 17.0. The first kappa shape index (κ1) is 10.8. The monoisotopic (exact) mass is 229 g/mol. The van der Waals surface area contributed by atoms with Crippen LogP contribution in [-0.2, 0) is 15.9 Å². The number of methoxy groups -OCH3 is 1. The van der Waals surface area contributed by atoms with Gasteiger partial charge in [0.1, 0.15) is 5.82 Å². The van der Waals surface area contributed by atoms with E-state index in [0.717, 1.165) is 43.7 Å². The van der Waals surface area contributed by atoms with E-state index in [-0.39, 0.29) is 0 Å². The van der Waals surface area contributed by atoms with Crippen LogP contribution in [-0.4, -0.2) is 49.4 Å². The van der Waals surface area contributed by atoms with Crippen molar-refractivity contribution in [1.29, 1.82) is 0 Å². The second-order valence-electron chi connectivity index (χ2n) is 3.34. The maximum absolute atomic E-state index is 5.29. The molecule has 1 saturated heterocycles. The van der Waals surface area contributed by atoms with E-state index in [1.54, 1.807) is 7.11 Å². The molecule has 5 nitrogen and oxygen atoms in total. The van der Waals surface area contributed by atoms with Gasteiger partial charge in [-0.15, -0.1) is 0 Å². The van der Waals surface area contributed by atoms with Crippen LogP contribution >= 0.6 is 11.5 Å². The molecule has 0 saturated carbocycles. The van der Waals surface area contributed by atoms with Crippen LogP contribution in [0.25, 0.3) is 0 Å². The molecule has 15 heavy (non-hydrogen) atoms. The summed E-state index contributed by atoms with van der Waals surface area (Å²) in [6.45, 7) is 4.08. The third kappa shape index (κ3) is 2.87. The minimum Gasteiger partial charge on any atom is -0.384 e. The minimum atomic E-state index is 0.680. The molecule has 2 rings (SSSR count). The summed E-state index contributed by atoms with van der Waals surface area (Å²) < 4.78 is 14.6.